The Labute approximate surface area is 612 Å². The molecule has 548 valence electrons. The van der Waals surface area contributed by atoms with Gasteiger partial charge in [0.25, 0.3) is 0 Å². The molecule has 12 heterocycles. The van der Waals surface area contributed by atoms with Crippen molar-refractivity contribution in [3.8, 4) is 28.2 Å². The molecule has 0 atom stereocenters. The van der Waals surface area contributed by atoms with Crippen molar-refractivity contribution in [3.63, 3.8) is 0 Å². The molecule has 36 heteroatoms. The van der Waals surface area contributed by atoms with E-state index in [1.54, 1.807) is 78.9 Å². The molecule has 3 fully saturated rings. The first-order valence-corrected chi connectivity index (χ1v) is 33.4. The van der Waals surface area contributed by atoms with Gasteiger partial charge in [-0.15, -0.1) is 0 Å². The smallest absolute Gasteiger partial charge is 0.378 e. The second-order valence-corrected chi connectivity index (χ2v) is 23.4. The number of aromatic nitrogens is 15. The predicted octanol–water partition coefficient (Wildman–Crippen LogP) is 11.2. The van der Waals surface area contributed by atoms with Crippen LogP contribution in [0.5, 0.6) is 0 Å². The molecule has 0 amide bonds. The molecular formula is C72H65F6N27O3. The van der Waals surface area contributed by atoms with Crippen molar-refractivity contribution in [1.29, 1.82) is 0 Å². The summed E-state index contributed by atoms with van der Waals surface area (Å²) in [5.74, 6) is -0.347. The van der Waals surface area contributed by atoms with Crippen molar-refractivity contribution < 1.29 is 40.6 Å². The van der Waals surface area contributed by atoms with E-state index < -0.39 is 29.2 Å². The standard InChI is InChI=1S/C24H21F4N9O.2C24H22FN9O/c25-21-14-31-23(34-22(21)36-5-7-38-8-6-36)35-32-13-17-1-2-18(12-30-17)33-19-9-16(24(26,27)28)10-20(11-19)37-4-3-29-15-37;25-21-15-29-24(32-23(21)34-8-10-35-11-9-34)33-30-14-19-4-5-20(13-28-19)31-18-3-1-2-17(12-18)22-16-26-6-7-27-22;25-21-15-28-24(32-23(21)34-8-10-35-11-9-34)33-30-14-19-4-5-20(13-27-19)31-18-3-1-2-17(12-18)22-6-7-26-16-29-22/h1-4,9-15,33H,5-8H2,(H,31,34,35);1-7,12-16,31H,8-11H2,(H,29,32,33);1-7,12-16,31H,8-11H2,(H,28,32,33)/b32-13+;2*30-14+. The van der Waals surface area contributed by atoms with Gasteiger partial charge in [-0.25, -0.2) is 59.4 Å². The number of alkyl halides is 3. The number of halogens is 6. The summed E-state index contributed by atoms with van der Waals surface area (Å²) in [7, 11) is 0. The van der Waals surface area contributed by atoms with Gasteiger partial charge in [0.1, 0.15) is 6.33 Å². The van der Waals surface area contributed by atoms with Crippen molar-refractivity contribution >= 4 is 88.1 Å². The predicted molar refractivity (Wildman–Crippen MR) is 395 cm³/mol. The number of morpholine rings is 3. The highest BCUT2D eigenvalue weighted by Gasteiger charge is 2.32. The summed E-state index contributed by atoms with van der Waals surface area (Å²) in [6, 6.07) is 32.1. The molecule has 12 aromatic rings. The summed E-state index contributed by atoms with van der Waals surface area (Å²) in [4.78, 5) is 63.5. The van der Waals surface area contributed by atoms with Crippen LogP contribution in [0.2, 0.25) is 0 Å². The Hall–Kier alpha value is -13.6. The van der Waals surface area contributed by atoms with E-state index in [0.29, 0.717) is 107 Å². The number of pyridine rings is 3. The third kappa shape index (κ3) is 20.4. The van der Waals surface area contributed by atoms with Crippen LogP contribution in [0.4, 0.5) is 95.8 Å². The summed E-state index contributed by atoms with van der Waals surface area (Å²) in [5.41, 5.74) is 17.1. The van der Waals surface area contributed by atoms with Crippen LogP contribution in [-0.2, 0) is 20.4 Å². The molecule has 3 aliphatic heterocycles. The van der Waals surface area contributed by atoms with Crippen LogP contribution in [0.25, 0.3) is 28.2 Å². The number of hydrogen-bond donors (Lipinski definition) is 6. The average molecular weight is 1470 g/mol. The first kappa shape index (κ1) is 72.7. The first-order valence-electron chi connectivity index (χ1n) is 33.4. The Kier molecular flexibility index (Phi) is 24.1. The van der Waals surface area contributed by atoms with E-state index in [0.717, 1.165) is 76.0 Å². The zero-order chi connectivity index (χ0) is 74.3. The van der Waals surface area contributed by atoms with Gasteiger partial charge in [-0.2, -0.15) is 43.4 Å². The van der Waals surface area contributed by atoms with Gasteiger partial charge in [-0.05, 0) is 84.9 Å². The number of hydrogen-bond acceptors (Lipinski definition) is 29. The number of rotatable bonds is 21. The highest BCUT2D eigenvalue weighted by atomic mass is 19.4. The molecule has 108 heavy (non-hydrogen) atoms. The molecular weight excluding hydrogens is 1400 g/mol. The van der Waals surface area contributed by atoms with Crippen molar-refractivity contribution in [1.82, 2.24) is 74.3 Å². The molecule has 6 N–H and O–H groups in total. The molecule has 0 spiro atoms. The van der Waals surface area contributed by atoms with Crippen molar-refractivity contribution in [2.24, 2.45) is 15.3 Å². The first-order chi connectivity index (χ1) is 52.8. The quantitative estimate of drug-likeness (QED) is 0.0221. The Morgan fingerprint density at radius 3 is 1.26 bits per heavy atom. The van der Waals surface area contributed by atoms with Gasteiger partial charge in [0.15, 0.2) is 34.9 Å². The highest BCUT2D eigenvalue weighted by Crippen LogP contribution is 2.35. The second-order valence-electron chi connectivity index (χ2n) is 23.4. The van der Waals surface area contributed by atoms with Crippen LogP contribution in [0.3, 0.4) is 0 Å². The number of nitrogens with zero attached hydrogens (tertiary/aromatic N) is 21. The lowest BCUT2D eigenvalue weighted by Crippen LogP contribution is -2.37. The summed E-state index contributed by atoms with van der Waals surface area (Å²) >= 11 is 0. The number of anilines is 12. The maximum atomic E-state index is 14.2. The van der Waals surface area contributed by atoms with Crippen LogP contribution >= 0.6 is 0 Å². The fraction of sp³-hybridized carbons (Fsp3) is 0.181. The fourth-order valence-electron chi connectivity index (χ4n) is 10.7. The lowest BCUT2D eigenvalue weighted by Gasteiger charge is -2.27. The molecule has 0 bridgehead atoms. The van der Waals surface area contributed by atoms with E-state index in [9.17, 15) is 26.3 Å². The molecule has 15 rings (SSSR count). The monoisotopic (exact) mass is 1470 g/mol. The number of hydrazone groups is 3. The minimum absolute atomic E-state index is 0.112. The minimum atomic E-state index is -4.52. The summed E-state index contributed by atoms with van der Waals surface area (Å²) in [6.45, 7) is 6.46. The molecule has 3 aromatic carbocycles. The largest absolute Gasteiger partial charge is 0.416 e. The third-order valence-corrected chi connectivity index (χ3v) is 15.9. The van der Waals surface area contributed by atoms with Crippen LogP contribution in [0.15, 0.2) is 212 Å². The number of imidazole rings is 1. The SMILES string of the molecule is Fc1cnc(N/N=C/c2ccc(Nc3cc(-n4ccnc4)cc(C(F)(F)F)c3)cn2)nc1N1CCOCC1.Fc1cnc(N/N=C/c2ccc(Nc3cccc(-c4ccncn4)c3)cn2)nc1N1CCOCC1.Fc1cnc(N/N=C/c2ccc(Nc3cccc(-c4cnccn4)c3)cn2)nc1N1CCOCC1. The molecule has 0 radical (unpaired) electrons. The molecule has 0 unspecified atom stereocenters. The maximum absolute atomic E-state index is 14.2. The number of nitrogens with one attached hydrogen (secondary N) is 6. The van der Waals surface area contributed by atoms with Gasteiger partial charge in [-0.1, -0.05) is 24.3 Å². The van der Waals surface area contributed by atoms with Crippen LogP contribution in [0.1, 0.15) is 22.6 Å². The Balaban J connectivity index is 0.000000143. The number of ether oxygens (including phenoxy) is 3. The molecule has 30 nitrogen and oxygen atoms in total. The van der Waals surface area contributed by atoms with E-state index in [-0.39, 0.29) is 41.0 Å². The molecule has 9 aromatic heterocycles. The second kappa shape index (κ2) is 35.7. The Morgan fingerprint density at radius 1 is 0.398 bits per heavy atom. The van der Waals surface area contributed by atoms with E-state index in [1.165, 1.54) is 35.8 Å². The topological polar surface area (TPSA) is 332 Å². The van der Waals surface area contributed by atoms with E-state index >= 15 is 0 Å². The highest BCUT2D eigenvalue weighted by molar-refractivity contribution is 5.80. The zero-order valence-electron chi connectivity index (χ0n) is 57.1. The lowest BCUT2D eigenvalue weighted by atomic mass is 10.1. The third-order valence-electron chi connectivity index (χ3n) is 15.9. The van der Waals surface area contributed by atoms with Crippen LogP contribution in [0, 0.1) is 17.5 Å². The van der Waals surface area contributed by atoms with Gasteiger partial charge < -0.3 is 49.4 Å². The zero-order valence-corrected chi connectivity index (χ0v) is 57.1. The molecule has 3 saturated heterocycles. The summed E-state index contributed by atoms with van der Waals surface area (Å²) in [5, 5.41) is 21.9. The van der Waals surface area contributed by atoms with Gasteiger partial charge in [0.2, 0.25) is 17.8 Å². The lowest BCUT2D eigenvalue weighted by molar-refractivity contribution is -0.137. The van der Waals surface area contributed by atoms with Crippen molar-refractivity contribution in [2.45, 2.75) is 6.18 Å². The normalized spacial score (nSPS) is 13.9. The van der Waals surface area contributed by atoms with Crippen LogP contribution in [-0.4, -0.2) is 172 Å². The average Bonchev–Trinajstić information content (AvgIpc) is 1.31. The van der Waals surface area contributed by atoms with Crippen molar-refractivity contribution in [2.75, 3.05) is 126 Å². The molecule has 0 saturated carbocycles. The summed E-state index contributed by atoms with van der Waals surface area (Å²) in [6.07, 6.45) is 20.9. The van der Waals surface area contributed by atoms with Crippen LogP contribution < -0.4 is 46.9 Å². The summed E-state index contributed by atoms with van der Waals surface area (Å²) < 4.78 is 100. The fourth-order valence-corrected chi connectivity index (χ4v) is 10.7. The van der Waals surface area contributed by atoms with Gasteiger partial charge in [0.05, 0.1) is 159 Å². The van der Waals surface area contributed by atoms with Gasteiger partial charge in [0, 0.05) is 104 Å². The minimum Gasteiger partial charge on any atom is -0.378 e. The van der Waals surface area contributed by atoms with Crippen molar-refractivity contribution in [3.05, 3.63) is 236 Å². The molecule has 3 aliphatic rings. The van der Waals surface area contributed by atoms with E-state index in [4.69, 9.17) is 14.2 Å². The van der Waals surface area contributed by atoms with E-state index in [1.807, 2.05) is 88.7 Å². The van der Waals surface area contributed by atoms with Gasteiger partial charge in [-0.3, -0.25) is 24.9 Å². The molecule has 0 aliphatic carbocycles. The van der Waals surface area contributed by atoms with E-state index in [2.05, 4.69) is 117 Å². The van der Waals surface area contributed by atoms with Gasteiger partial charge >= 0.3 is 6.18 Å². The number of benzene rings is 3. The Bertz CT molecular complexity index is 4780. The Morgan fingerprint density at radius 2 is 0.861 bits per heavy atom. The maximum Gasteiger partial charge on any atom is 0.416 e.